The van der Waals surface area contributed by atoms with Crippen molar-refractivity contribution in [3.8, 4) is 0 Å². The number of aryl methyl sites for hydroxylation is 3. The Kier molecular flexibility index (Phi) is 4.56. The van der Waals surface area contributed by atoms with E-state index < -0.39 is 0 Å². The minimum absolute atomic E-state index is 0.0433. The van der Waals surface area contributed by atoms with E-state index in [1.807, 2.05) is 39.1 Å². The molecule has 0 saturated heterocycles. The molecule has 1 heterocycles. The third-order valence-corrected chi connectivity index (χ3v) is 3.49. The molecule has 1 N–H and O–H groups in total. The molecule has 1 aromatic carbocycles. The first-order valence-corrected chi connectivity index (χ1v) is 6.90. The van der Waals surface area contributed by atoms with E-state index in [0.717, 1.165) is 30.8 Å². The average Bonchev–Trinajstić information content (AvgIpc) is 2.78. The van der Waals surface area contributed by atoms with Gasteiger partial charge in [0.05, 0.1) is 11.3 Å². The van der Waals surface area contributed by atoms with Crippen molar-refractivity contribution in [1.29, 1.82) is 0 Å². The molecule has 2 rings (SSSR count). The van der Waals surface area contributed by atoms with Gasteiger partial charge in [-0.3, -0.25) is 9.89 Å². The van der Waals surface area contributed by atoms with Gasteiger partial charge in [0.25, 0.3) is 5.91 Å². The first-order chi connectivity index (χ1) is 9.59. The van der Waals surface area contributed by atoms with Crippen molar-refractivity contribution in [1.82, 2.24) is 15.1 Å². The maximum Gasteiger partial charge on any atom is 0.257 e. The number of aromatic nitrogens is 2. The molecule has 0 aliphatic rings. The Morgan fingerprint density at radius 1 is 1.25 bits per heavy atom. The largest absolute Gasteiger partial charge is 0.342 e. The normalized spacial score (nSPS) is 10.6. The fourth-order valence-electron chi connectivity index (χ4n) is 2.32. The minimum Gasteiger partial charge on any atom is -0.342 e. The zero-order valence-corrected chi connectivity index (χ0v) is 12.3. The highest BCUT2D eigenvalue weighted by Crippen LogP contribution is 2.12. The summed E-state index contributed by atoms with van der Waals surface area (Å²) in [6.07, 6.45) is 1.95. The average molecular weight is 271 g/mol. The Bertz CT molecular complexity index is 555. The van der Waals surface area contributed by atoms with Gasteiger partial charge in [-0.05, 0) is 32.3 Å². The summed E-state index contributed by atoms with van der Waals surface area (Å²) < 4.78 is 0. The van der Waals surface area contributed by atoms with E-state index in [2.05, 4.69) is 22.3 Å². The zero-order chi connectivity index (χ0) is 14.5. The summed E-state index contributed by atoms with van der Waals surface area (Å²) in [5.41, 5.74) is 3.61. The predicted octanol–water partition coefficient (Wildman–Crippen LogP) is 2.73. The standard InChI is InChI=1S/C16H21N3O/c1-12-15(13(2)18-17-12)16(20)19(3)11-7-10-14-8-5-4-6-9-14/h4-6,8-9H,7,10-11H2,1-3H3,(H,17,18). The maximum atomic E-state index is 12.4. The highest BCUT2D eigenvalue weighted by molar-refractivity contribution is 5.96. The summed E-state index contributed by atoms with van der Waals surface area (Å²) in [6.45, 7) is 4.48. The molecule has 20 heavy (non-hydrogen) atoms. The number of nitrogens with one attached hydrogen (secondary N) is 1. The van der Waals surface area contributed by atoms with Gasteiger partial charge in [-0.25, -0.2) is 0 Å². The molecule has 0 spiro atoms. The van der Waals surface area contributed by atoms with E-state index in [1.165, 1.54) is 5.56 Å². The van der Waals surface area contributed by atoms with Crippen LogP contribution < -0.4 is 0 Å². The van der Waals surface area contributed by atoms with Crippen molar-refractivity contribution in [2.45, 2.75) is 26.7 Å². The molecule has 2 aromatic rings. The van der Waals surface area contributed by atoms with Crippen molar-refractivity contribution in [3.63, 3.8) is 0 Å². The van der Waals surface area contributed by atoms with Crippen LogP contribution in [-0.2, 0) is 6.42 Å². The van der Waals surface area contributed by atoms with Crippen LogP contribution in [0.2, 0.25) is 0 Å². The molecule has 1 aromatic heterocycles. The third kappa shape index (κ3) is 3.26. The predicted molar refractivity (Wildman–Crippen MR) is 79.8 cm³/mol. The fourth-order valence-corrected chi connectivity index (χ4v) is 2.32. The Labute approximate surface area is 119 Å². The van der Waals surface area contributed by atoms with Crippen LogP contribution in [0.25, 0.3) is 0 Å². The second-order valence-electron chi connectivity index (χ2n) is 5.12. The highest BCUT2D eigenvalue weighted by Gasteiger charge is 2.18. The number of nitrogens with zero attached hydrogens (tertiary/aromatic N) is 2. The molecular formula is C16H21N3O. The second kappa shape index (κ2) is 6.37. The Hall–Kier alpha value is -2.10. The van der Waals surface area contributed by atoms with Gasteiger partial charge in [0.15, 0.2) is 0 Å². The van der Waals surface area contributed by atoms with Crippen LogP contribution in [0.1, 0.15) is 33.7 Å². The Morgan fingerprint density at radius 3 is 2.55 bits per heavy atom. The van der Waals surface area contributed by atoms with Crippen molar-refractivity contribution < 1.29 is 4.79 Å². The second-order valence-corrected chi connectivity index (χ2v) is 5.12. The number of amides is 1. The van der Waals surface area contributed by atoms with Crippen LogP contribution in [0.5, 0.6) is 0 Å². The number of carbonyl (C=O) groups excluding carboxylic acids is 1. The smallest absolute Gasteiger partial charge is 0.257 e. The molecule has 0 saturated carbocycles. The van der Waals surface area contributed by atoms with Gasteiger partial charge in [0.2, 0.25) is 0 Å². The lowest BCUT2D eigenvalue weighted by molar-refractivity contribution is 0.0792. The molecular weight excluding hydrogens is 250 g/mol. The lowest BCUT2D eigenvalue weighted by Gasteiger charge is -2.17. The Balaban J connectivity index is 1.89. The molecule has 0 fully saturated rings. The van der Waals surface area contributed by atoms with Crippen molar-refractivity contribution >= 4 is 5.91 Å². The molecule has 4 nitrogen and oxygen atoms in total. The molecule has 0 radical (unpaired) electrons. The lowest BCUT2D eigenvalue weighted by Crippen LogP contribution is -2.28. The maximum absolute atomic E-state index is 12.4. The summed E-state index contributed by atoms with van der Waals surface area (Å²) in [5, 5.41) is 6.93. The molecule has 0 atom stereocenters. The summed E-state index contributed by atoms with van der Waals surface area (Å²) in [7, 11) is 1.85. The number of hydrogen-bond donors (Lipinski definition) is 1. The minimum atomic E-state index is 0.0433. The first-order valence-electron chi connectivity index (χ1n) is 6.90. The summed E-state index contributed by atoms with van der Waals surface area (Å²) >= 11 is 0. The van der Waals surface area contributed by atoms with Gasteiger partial charge in [-0.2, -0.15) is 5.10 Å². The SMILES string of the molecule is Cc1n[nH]c(C)c1C(=O)N(C)CCCc1ccccc1. The van der Waals surface area contributed by atoms with Crippen LogP contribution in [0.3, 0.4) is 0 Å². The molecule has 106 valence electrons. The van der Waals surface area contributed by atoms with Crippen molar-refractivity contribution in [2.24, 2.45) is 0 Å². The zero-order valence-electron chi connectivity index (χ0n) is 12.3. The highest BCUT2D eigenvalue weighted by atomic mass is 16.2. The van der Waals surface area contributed by atoms with Gasteiger partial charge in [-0.15, -0.1) is 0 Å². The number of hydrogen-bond acceptors (Lipinski definition) is 2. The van der Waals surface area contributed by atoms with Crippen LogP contribution in [0, 0.1) is 13.8 Å². The van der Waals surface area contributed by atoms with E-state index in [9.17, 15) is 4.79 Å². The fraction of sp³-hybridized carbons (Fsp3) is 0.375. The van der Waals surface area contributed by atoms with Crippen molar-refractivity contribution in [2.75, 3.05) is 13.6 Å². The van der Waals surface area contributed by atoms with E-state index in [-0.39, 0.29) is 5.91 Å². The lowest BCUT2D eigenvalue weighted by atomic mass is 10.1. The molecule has 0 bridgehead atoms. The van der Waals surface area contributed by atoms with Crippen LogP contribution in [0.4, 0.5) is 0 Å². The molecule has 4 heteroatoms. The number of rotatable bonds is 5. The van der Waals surface area contributed by atoms with Gasteiger partial charge < -0.3 is 4.90 Å². The third-order valence-electron chi connectivity index (χ3n) is 3.49. The molecule has 0 aliphatic carbocycles. The van der Waals surface area contributed by atoms with E-state index in [1.54, 1.807) is 4.90 Å². The van der Waals surface area contributed by atoms with E-state index >= 15 is 0 Å². The number of carbonyl (C=O) groups is 1. The van der Waals surface area contributed by atoms with Gasteiger partial charge in [0.1, 0.15) is 0 Å². The van der Waals surface area contributed by atoms with Crippen LogP contribution >= 0.6 is 0 Å². The van der Waals surface area contributed by atoms with E-state index in [0.29, 0.717) is 5.56 Å². The van der Waals surface area contributed by atoms with Gasteiger partial charge >= 0.3 is 0 Å². The number of H-pyrrole nitrogens is 1. The molecule has 1 amide bonds. The summed E-state index contributed by atoms with van der Waals surface area (Å²) in [4.78, 5) is 14.1. The van der Waals surface area contributed by atoms with Gasteiger partial charge in [-0.1, -0.05) is 30.3 Å². The topological polar surface area (TPSA) is 49.0 Å². The molecule has 0 unspecified atom stereocenters. The monoisotopic (exact) mass is 271 g/mol. The Morgan fingerprint density at radius 2 is 1.95 bits per heavy atom. The quantitative estimate of drug-likeness (QED) is 0.909. The number of benzene rings is 1. The van der Waals surface area contributed by atoms with E-state index in [4.69, 9.17) is 0 Å². The summed E-state index contributed by atoms with van der Waals surface area (Å²) in [5.74, 6) is 0.0433. The van der Waals surface area contributed by atoms with Crippen molar-refractivity contribution in [3.05, 3.63) is 52.8 Å². The summed E-state index contributed by atoms with van der Waals surface area (Å²) in [6, 6.07) is 10.3. The van der Waals surface area contributed by atoms with Crippen LogP contribution in [-0.4, -0.2) is 34.6 Å². The molecule has 0 aliphatic heterocycles. The number of aromatic amines is 1. The first kappa shape index (κ1) is 14.3. The van der Waals surface area contributed by atoms with Gasteiger partial charge in [0, 0.05) is 19.3 Å². The van der Waals surface area contributed by atoms with Crippen LogP contribution in [0.15, 0.2) is 30.3 Å².